The average molecular weight is 279 g/mol. The number of rotatable bonds is 13. The second kappa shape index (κ2) is 11.9. The van der Waals surface area contributed by atoms with Crippen LogP contribution in [0.5, 0.6) is 0 Å². The van der Waals surface area contributed by atoms with Gasteiger partial charge in [-0.2, -0.15) is 0 Å². The summed E-state index contributed by atoms with van der Waals surface area (Å²) < 4.78 is 27.1. The number of hydrogen-bond acceptors (Lipinski definition) is 4. The summed E-state index contributed by atoms with van der Waals surface area (Å²) in [4.78, 5) is 0. The smallest absolute Gasteiger partial charge is 0.148 e. The Morgan fingerprint density at radius 3 is 2.28 bits per heavy atom. The van der Waals surface area contributed by atoms with Crippen LogP contribution in [0.4, 0.5) is 0 Å². The summed E-state index contributed by atoms with van der Waals surface area (Å²) in [5, 5.41) is 3.06. The topological polar surface area (TPSA) is 55.4 Å². The highest BCUT2D eigenvalue weighted by Crippen LogP contribution is 2.04. The lowest BCUT2D eigenvalue weighted by atomic mass is 10.1. The minimum Gasteiger partial charge on any atom is -0.380 e. The van der Waals surface area contributed by atoms with E-state index < -0.39 is 9.84 Å². The zero-order valence-electron chi connectivity index (χ0n) is 11.9. The number of hydrogen-bond donors (Lipinski definition) is 1. The van der Waals surface area contributed by atoms with Gasteiger partial charge in [0.1, 0.15) is 9.84 Å². The van der Waals surface area contributed by atoms with Gasteiger partial charge in [-0.3, -0.25) is 0 Å². The van der Waals surface area contributed by atoms with Gasteiger partial charge in [-0.05, 0) is 6.42 Å². The Bertz CT molecular complexity index is 265. The van der Waals surface area contributed by atoms with Crippen molar-refractivity contribution in [3.63, 3.8) is 0 Å². The van der Waals surface area contributed by atoms with Crippen molar-refractivity contribution in [1.82, 2.24) is 5.32 Å². The van der Waals surface area contributed by atoms with E-state index in [1.54, 1.807) is 0 Å². The van der Waals surface area contributed by atoms with Gasteiger partial charge in [0.25, 0.3) is 0 Å². The second-order valence-electron chi connectivity index (χ2n) is 4.76. The van der Waals surface area contributed by atoms with Gasteiger partial charge < -0.3 is 10.1 Å². The molecule has 0 amide bonds. The Kier molecular flexibility index (Phi) is 11.8. The normalized spacial score (nSPS) is 11.9. The molecule has 0 aromatic rings. The van der Waals surface area contributed by atoms with Crippen LogP contribution in [-0.2, 0) is 14.6 Å². The first-order valence-electron chi connectivity index (χ1n) is 7.02. The Morgan fingerprint density at radius 2 is 1.61 bits per heavy atom. The Morgan fingerprint density at radius 1 is 0.944 bits per heavy atom. The molecule has 110 valence electrons. The van der Waals surface area contributed by atoms with Crippen molar-refractivity contribution in [2.45, 2.75) is 45.4 Å². The van der Waals surface area contributed by atoms with E-state index in [1.165, 1.54) is 38.4 Å². The van der Waals surface area contributed by atoms with Crippen LogP contribution in [0.1, 0.15) is 45.4 Å². The van der Waals surface area contributed by atoms with Crippen LogP contribution < -0.4 is 5.32 Å². The van der Waals surface area contributed by atoms with Crippen molar-refractivity contribution in [2.24, 2.45) is 0 Å². The highest BCUT2D eigenvalue weighted by molar-refractivity contribution is 7.90. The number of sulfone groups is 1. The third-order valence-corrected chi connectivity index (χ3v) is 3.66. The molecule has 0 saturated carbocycles. The number of ether oxygens (including phenoxy) is 1. The highest BCUT2D eigenvalue weighted by Gasteiger charge is 1.99. The summed E-state index contributed by atoms with van der Waals surface area (Å²) in [7, 11) is -2.84. The first-order chi connectivity index (χ1) is 8.56. The molecule has 1 N–H and O–H groups in total. The van der Waals surface area contributed by atoms with Crippen LogP contribution in [0.2, 0.25) is 0 Å². The lowest BCUT2D eigenvalue weighted by Crippen LogP contribution is -2.25. The molecule has 0 fully saturated rings. The SMILES string of the molecule is CCCCCCCCOCCNCCS(C)(=O)=O. The van der Waals surface area contributed by atoms with Crippen LogP contribution in [-0.4, -0.2) is 46.7 Å². The molecule has 4 nitrogen and oxygen atoms in total. The van der Waals surface area contributed by atoms with E-state index in [4.69, 9.17) is 4.74 Å². The van der Waals surface area contributed by atoms with E-state index in [1.807, 2.05) is 0 Å². The minimum atomic E-state index is -2.84. The third-order valence-electron chi connectivity index (χ3n) is 2.72. The van der Waals surface area contributed by atoms with Gasteiger partial charge in [0, 0.05) is 26.0 Å². The summed E-state index contributed by atoms with van der Waals surface area (Å²) in [5.41, 5.74) is 0. The third kappa shape index (κ3) is 15.9. The molecular weight excluding hydrogens is 250 g/mol. The van der Waals surface area contributed by atoms with Crippen molar-refractivity contribution in [2.75, 3.05) is 38.3 Å². The fourth-order valence-electron chi connectivity index (χ4n) is 1.61. The van der Waals surface area contributed by atoms with Crippen molar-refractivity contribution in [3.8, 4) is 0 Å². The van der Waals surface area contributed by atoms with Gasteiger partial charge in [0.2, 0.25) is 0 Å². The monoisotopic (exact) mass is 279 g/mol. The number of unbranched alkanes of at least 4 members (excludes halogenated alkanes) is 5. The molecular formula is C13H29NO3S. The second-order valence-corrected chi connectivity index (χ2v) is 7.02. The highest BCUT2D eigenvalue weighted by atomic mass is 32.2. The fraction of sp³-hybridized carbons (Fsp3) is 1.00. The van der Waals surface area contributed by atoms with Gasteiger partial charge >= 0.3 is 0 Å². The van der Waals surface area contributed by atoms with E-state index in [-0.39, 0.29) is 5.75 Å². The summed E-state index contributed by atoms with van der Waals surface area (Å²) >= 11 is 0. The maximum atomic E-state index is 10.8. The molecule has 0 atom stereocenters. The van der Waals surface area contributed by atoms with Crippen molar-refractivity contribution < 1.29 is 13.2 Å². The molecule has 0 aliphatic carbocycles. The van der Waals surface area contributed by atoms with Crippen molar-refractivity contribution in [1.29, 1.82) is 0 Å². The van der Waals surface area contributed by atoms with E-state index in [2.05, 4.69) is 12.2 Å². The summed E-state index contributed by atoms with van der Waals surface area (Å²) in [6, 6.07) is 0. The molecule has 0 bridgehead atoms. The van der Waals surface area contributed by atoms with E-state index >= 15 is 0 Å². The van der Waals surface area contributed by atoms with Gasteiger partial charge in [0.15, 0.2) is 0 Å². The Labute approximate surface area is 112 Å². The average Bonchev–Trinajstić information content (AvgIpc) is 2.29. The molecule has 0 aliphatic rings. The molecule has 0 aliphatic heterocycles. The first kappa shape index (κ1) is 17.9. The molecule has 0 spiro atoms. The lowest BCUT2D eigenvalue weighted by molar-refractivity contribution is 0.132. The molecule has 0 aromatic heterocycles. The Balaban J connectivity index is 3.03. The molecule has 0 aromatic carbocycles. The van der Waals surface area contributed by atoms with Crippen LogP contribution in [0.25, 0.3) is 0 Å². The summed E-state index contributed by atoms with van der Waals surface area (Å²) in [6.45, 7) is 4.95. The molecule has 0 rings (SSSR count). The first-order valence-corrected chi connectivity index (χ1v) is 9.08. The van der Waals surface area contributed by atoms with E-state index in [0.29, 0.717) is 13.2 Å². The van der Waals surface area contributed by atoms with Gasteiger partial charge in [0.05, 0.1) is 12.4 Å². The van der Waals surface area contributed by atoms with Crippen molar-refractivity contribution in [3.05, 3.63) is 0 Å². The summed E-state index contributed by atoms with van der Waals surface area (Å²) in [6.07, 6.45) is 8.91. The van der Waals surface area contributed by atoms with Gasteiger partial charge in [-0.1, -0.05) is 39.0 Å². The van der Waals surface area contributed by atoms with Gasteiger partial charge in [-0.15, -0.1) is 0 Å². The zero-order valence-corrected chi connectivity index (χ0v) is 12.7. The predicted molar refractivity (Wildman–Crippen MR) is 76.8 cm³/mol. The van der Waals surface area contributed by atoms with Crippen molar-refractivity contribution >= 4 is 9.84 Å². The molecule has 5 heteroatoms. The van der Waals surface area contributed by atoms with Crippen LogP contribution in [0.15, 0.2) is 0 Å². The van der Waals surface area contributed by atoms with Crippen LogP contribution in [0.3, 0.4) is 0 Å². The minimum absolute atomic E-state index is 0.199. The van der Waals surface area contributed by atoms with Crippen LogP contribution >= 0.6 is 0 Å². The van der Waals surface area contributed by atoms with E-state index in [0.717, 1.165) is 19.6 Å². The summed E-state index contributed by atoms with van der Waals surface area (Å²) in [5.74, 6) is 0.199. The number of nitrogens with one attached hydrogen (secondary N) is 1. The van der Waals surface area contributed by atoms with Crippen LogP contribution in [0, 0.1) is 0 Å². The molecule has 0 heterocycles. The molecule has 0 saturated heterocycles. The predicted octanol–water partition coefficient (Wildman–Crippen LogP) is 2.00. The zero-order chi connectivity index (χ0) is 13.7. The molecule has 18 heavy (non-hydrogen) atoms. The largest absolute Gasteiger partial charge is 0.380 e. The van der Waals surface area contributed by atoms with Gasteiger partial charge in [-0.25, -0.2) is 8.42 Å². The Hall–Kier alpha value is -0.130. The standard InChI is InChI=1S/C13H29NO3S/c1-3-4-5-6-7-8-11-17-12-9-14-10-13-18(2,15)16/h14H,3-13H2,1-2H3. The molecule has 0 unspecified atom stereocenters. The molecule has 0 radical (unpaired) electrons. The maximum Gasteiger partial charge on any atom is 0.148 e. The maximum absolute atomic E-state index is 10.8. The quantitative estimate of drug-likeness (QED) is 0.524. The fourth-order valence-corrected chi connectivity index (χ4v) is 2.13. The lowest BCUT2D eigenvalue weighted by Gasteiger charge is -2.05. The van der Waals surface area contributed by atoms with E-state index in [9.17, 15) is 8.42 Å².